The van der Waals surface area contributed by atoms with Gasteiger partial charge in [0.25, 0.3) is 0 Å². The summed E-state index contributed by atoms with van der Waals surface area (Å²) >= 11 is 0. The van der Waals surface area contributed by atoms with Crippen LogP contribution in [0, 0.1) is 27.7 Å². The molecule has 0 saturated heterocycles. The first kappa shape index (κ1) is 38.9. The highest BCUT2D eigenvalue weighted by molar-refractivity contribution is 6.14. The van der Waals surface area contributed by atoms with Crippen molar-refractivity contribution in [2.45, 2.75) is 27.7 Å². The highest BCUT2D eigenvalue weighted by Gasteiger charge is 2.20. The molecule has 0 spiro atoms. The van der Waals surface area contributed by atoms with Crippen molar-refractivity contribution < 1.29 is 0 Å². The third-order valence-electron chi connectivity index (χ3n) is 13.6. The van der Waals surface area contributed by atoms with Crippen molar-refractivity contribution in [2.75, 3.05) is 0 Å². The van der Waals surface area contributed by atoms with Gasteiger partial charge in [-0.25, -0.2) is 9.97 Å². The minimum absolute atomic E-state index is 0.715. The predicted molar refractivity (Wildman–Crippen MR) is 280 cm³/mol. The molecule has 0 bridgehead atoms. The number of para-hydroxylation sites is 2. The van der Waals surface area contributed by atoms with Crippen LogP contribution in [0.4, 0.5) is 0 Å². The summed E-state index contributed by atoms with van der Waals surface area (Å²) in [6.45, 7) is 8.58. The van der Waals surface area contributed by atoms with E-state index >= 15 is 0 Å². The smallest absolute Gasteiger partial charge is 0.160 e. The lowest BCUT2D eigenvalue weighted by Gasteiger charge is -2.13. The summed E-state index contributed by atoms with van der Waals surface area (Å²) in [7, 11) is 0. The Morgan fingerprint density at radius 2 is 0.672 bits per heavy atom. The summed E-state index contributed by atoms with van der Waals surface area (Å²) < 4.78 is 7.28. The predicted octanol–water partition coefficient (Wildman–Crippen LogP) is 16.0. The molecular weight excluding hydrogens is 815 g/mol. The summed E-state index contributed by atoms with van der Waals surface area (Å²) in [5.41, 5.74) is 20.2. The third-order valence-corrected chi connectivity index (χ3v) is 13.6. The van der Waals surface area contributed by atoms with Gasteiger partial charge in [0.1, 0.15) is 0 Å². The van der Waals surface area contributed by atoms with Gasteiger partial charge in [-0.3, -0.25) is 0 Å². The zero-order valence-electron chi connectivity index (χ0n) is 37.8. The maximum Gasteiger partial charge on any atom is 0.160 e. The molecule has 4 heterocycles. The minimum Gasteiger partial charge on any atom is -0.309 e. The molecule has 0 unspecified atom stereocenters. The molecule has 0 N–H and O–H groups in total. The van der Waals surface area contributed by atoms with Gasteiger partial charge < -0.3 is 13.7 Å². The molecular formula is C62H45N5. The summed E-state index contributed by atoms with van der Waals surface area (Å²) in [5.74, 6) is 0.715. The summed E-state index contributed by atoms with van der Waals surface area (Å²) in [4.78, 5) is 10.3. The lowest BCUT2D eigenvalue weighted by atomic mass is 10.0. The standard InChI is InChI=1S/C62H45N5/c1-38-11-9-13-43(31-38)55-37-54(63-62(64-55)44-14-10-12-39(2)32-44)42-21-23-45(24-22-42)65-60-29-25-46(66-56-17-7-5-15-48(56)50-33-40(3)19-27-58(50)66)35-52(60)53-36-47(26-30-61(53)65)67-57-18-8-6-16-49(57)51-34-41(4)20-28-59(51)67/h5-37H,1-4H3. The molecule has 5 nitrogen and oxygen atoms in total. The number of hydrogen-bond donors (Lipinski definition) is 0. The zero-order valence-corrected chi connectivity index (χ0v) is 37.8. The number of nitrogens with zero attached hydrogens (tertiary/aromatic N) is 5. The van der Waals surface area contributed by atoms with E-state index in [0.717, 1.165) is 56.2 Å². The molecule has 4 aromatic heterocycles. The first-order valence-corrected chi connectivity index (χ1v) is 23.1. The molecule has 0 atom stereocenters. The Bertz CT molecular complexity index is 3900. The fourth-order valence-electron chi connectivity index (χ4n) is 10.5. The van der Waals surface area contributed by atoms with E-state index in [1.54, 1.807) is 0 Å². The minimum atomic E-state index is 0.715. The molecule has 9 aromatic carbocycles. The second-order valence-electron chi connectivity index (χ2n) is 18.2. The van der Waals surface area contributed by atoms with Gasteiger partial charge >= 0.3 is 0 Å². The number of rotatable bonds is 6. The van der Waals surface area contributed by atoms with Crippen molar-refractivity contribution in [2.24, 2.45) is 0 Å². The molecule has 0 aliphatic heterocycles. The van der Waals surface area contributed by atoms with E-state index in [2.05, 4.69) is 242 Å². The Morgan fingerprint density at radius 3 is 1.21 bits per heavy atom. The first-order chi connectivity index (χ1) is 32.8. The number of aromatic nitrogens is 5. The van der Waals surface area contributed by atoms with Crippen LogP contribution in [0.5, 0.6) is 0 Å². The number of benzene rings is 9. The second-order valence-corrected chi connectivity index (χ2v) is 18.2. The van der Waals surface area contributed by atoms with Crippen molar-refractivity contribution in [3.8, 4) is 51.0 Å². The molecule has 13 aromatic rings. The molecule has 67 heavy (non-hydrogen) atoms. The van der Waals surface area contributed by atoms with Crippen molar-refractivity contribution in [3.05, 3.63) is 222 Å². The summed E-state index contributed by atoms with van der Waals surface area (Å²) in [6.07, 6.45) is 0. The molecule has 13 rings (SSSR count). The van der Waals surface area contributed by atoms with E-state index in [4.69, 9.17) is 9.97 Å². The van der Waals surface area contributed by atoms with Crippen LogP contribution in [0.25, 0.3) is 116 Å². The lowest BCUT2D eigenvalue weighted by Crippen LogP contribution is -1.98. The van der Waals surface area contributed by atoms with Crippen molar-refractivity contribution in [1.82, 2.24) is 23.7 Å². The molecule has 0 saturated carbocycles. The number of aryl methyl sites for hydroxylation is 4. The molecule has 0 radical (unpaired) electrons. The normalized spacial score (nSPS) is 11.9. The quantitative estimate of drug-likeness (QED) is 0.167. The van der Waals surface area contributed by atoms with Crippen LogP contribution in [0.1, 0.15) is 22.3 Å². The summed E-state index contributed by atoms with van der Waals surface area (Å²) in [5, 5.41) is 7.43. The van der Waals surface area contributed by atoms with Crippen LogP contribution >= 0.6 is 0 Å². The van der Waals surface area contributed by atoms with Crippen LogP contribution in [0.15, 0.2) is 200 Å². The van der Waals surface area contributed by atoms with Crippen LogP contribution < -0.4 is 0 Å². The van der Waals surface area contributed by atoms with Crippen molar-refractivity contribution >= 4 is 65.4 Å². The maximum absolute atomic E-state index is 5.20. The molecule has 5 heteroatoms. The third kappa shape index (κ3) is 6.30. The topological polar surface area (TPSA) is 40.6 Å². The first-order valence-electron chi connectivity index (χ1n) is 23.1. The van der Waals surface area contributed by atoms with Crippen LogP contribution in [0.2, 0.25) is 0 Å². The molecule has 0 fully saturated rings. The van der Waals surface area contributed by atoms with Crippen molar-refractivity contribution in [1.29, 1.82) is 0 Å². The fraction of sp³-hybridized carbons (Fsp3) is 0.0645. The lowest BCUT2D eigenvalue weighted by molar-refractivity contribution is 1.15. The number of hydrogen-bond acceptors (Lipinski definition) is 2. The fourth-order valence-corrected chi connectivity index (χ4v) is 10.5. The Kier molecular flexibility index (Phi) is 8.71. The highest BCUT2D eigenvalue weighted by atomic mass is 15.0. The van der Waals surface area contributed by atoms with E-state index in [9.17, 15) is 0 Å². The average Bonchev–Trinajstić information content (AvgIpc) is 3.98. The van der Waals surface area contributed by atoms with Crippen LogP contribution in [-0.2, 0) is 0 Å². The highest BCUT2D eigenvalue weighted by Crippen LogP contribution is 2.40. The Labute approximate surface area is 388 Å². The van der Waals surface area contributed by atoms with Crippen LogP contribution in [-0.4, -0.2) is 23.7 Å². The van der Waals surface area contributed by atoms with Crippen LogP contribution in [0.3, 0.4) is 0 Å². The van der Waals surface area contributed by atoms with Gasteiger partial charge in [0, 0.05) is 66.1 Å². The Hall–Kier alpha value is -8.54. The van der Waals surface area contributed by atoms with E-state index in [1.165, 1.54) is 76.6 Å². The van der Waals surface area contributed by atoms with Gasteiger partial charge in [-0.05, 0) is 131 Å². The van der Waals surface area contributed by atoms with E-state index < -0.39 is 0 Å². The molecule has 0 aliphatic rings. The molecule has 0 amide bonds. The van der Waals surface area contributed by atoms with Crippen molar-refractivity contribution in [3.63, 3.8) is 0 Å². The number of fused-ring (bicyclic) bond motifs is 9. The van der Waals surface area contributed by atoms with E-state index in [-0.39, 0.29) is 0 Å². The second kappa shape index (κ2) is 15.0. The zero-order chi connectivity index (χ0) is 44.9. The summed E-state index contributed by atoms with van der Waals surface area (Å²) in [6, 6.07) is 73.2. The Balaban J connectivity index is 1.02. The van der Waals surface area contributed by atoms with Gasteiger partial charge in [0.05, 0.1) is 44.5 Å². The van der Waals surface area contributed by atoms with Gasteiger partial charge in [-0.15, -0.1) is 0 Å². The van der Waals surface area contributed by atoms with Gasteiger partial charge in [-0.1, -0.05) is 119 Å². The van der Waals surface area contributed by atoms with Gasteiger partial charge in [-0.2, -0.15) is 0 Å². The largest absolute Gasteiger partial charge is 0.309 e. The maximum atomic E-state index is 5.20. The Morgan fingerprint density at radius 1 is 0.269 bits per heavy atom. The molecule has 0 aliphatic carbocycles. The van der Waals surface area contributed by atoms with E-state index in [1.807, 2.05) is 0 Å². The monoisotopic (exact) mass is 859 g/mol. The van der Waals surface area contributed by atoms with Gasteiger partial charge in [0.15, 0.2) is 5.82 Å². The molecule has 318 valence electrons. The van der Waals surface area contributed by atoms with Gasteiger partial charge in [0.2, 0.25) is 0 Å². The average molecular weight is 860 g/mol. The van der Waals surface area contributed by atoms with E-state index in [0.29, 0.717) is 5.82 Å². The SMILES string of the molecule is Cc1cccc(-c2cc(-c3ccc(-n4c5ccc(-n6c7ccccc7c7cc(C)ccc76)cc5c5cc(-n6c7ccccc7c7cc(C)ccc76)ccc54)cc3)nc(-c3cccc(C)c3)n2)c1.